The van der Waals surface area contributed by atoms with Gasteiger partial charge in [-0.25, -0.2) is 29.0 Å². The smallest absolute Gasteiger partial charge is 0.458 e. The number of para-hydroxylation sites is 1. The number of hydrogen-bond donors (Lipinski definition) is 3. The number of aromatic amines is 1. The summed E-state index contributed by atoms with van der Waals surface area (Å²) in [4.78, 5) is 25.8. The zero-order valence-corrected chi connectivity index (χ0v) is 30.2. The van der Waals surface area contributed by atoms with Crippen molar-refractivity contribution in [2.45, 2.75) is 78.1 Å². The van der Waals surface area contributed by atoms with Crippen LogP contribution >= 0.6 is 7.75 Å². The number of hydrogen-bond acceptors (Lipinski definition) is 13. The Morgan fingerprint density at radius 2 is 1.88 bits per heavy atom. The highest BCUT2D eigenvalue weighted by Gasteiger charge is 2.56. The van der Waals surface area contributed by atoms with E-state index in [9.17, 15) is 9.36 Å². The fraction of sp³-hybridized carbons (Fsp3) is 0.441. The van der Waals surface area contributed by atoms with Crippen LogP contribution in [0.2, 0.25) is 0 Å². The lowest BCUT2D eigenvalue weighted by Gasteiger charge is -2.31. The maximum atomic E-state index is 17.0. The SMILES string of the molecule is Cc1nc(NCc2ccccc2)c2ncn([C@@H]3O[C@H](COP(=O)(NCCCC(=O)OC(C)C)Oc4ccccc4)C(C)(Cc4nn[nH]n4)C3F)c2n1. The Bertz CT molecular complexity index is 1970. The van der Waals surface area contributed by atoms with Crippen LogP contribution in [-0.2, 0) is 36.3 Å². The van der Waals surface area contributed by atoms with Crippen molar-refractivity contribution in [1.82, 2.24) is 45.2 Å². The van der Waals surface area contributed by atoms with Gasteiger partial charge in [-0.1, -0.05) is 60.7 Å². The summed E-state index contributed by atoms with van der Waals surface area (Å²) in [6.07, 6.45) is -2.23. The van der Waals surface area contributed by atoms with E-state index in [-0.39, 0.29) is 49.6 Å². The number of esters is 1. The van der Waals surface area contributed by atoms with Gasteiger partial charge in [-0.2, -0.15) is 5.21 Å². The highest BCUT2D eigenvalue weighted by Crippen LogP contribution is 2.51. The predicted molar refractivity (Wildman–Crippen MR) is 188 cm³/mol. The Kier molecular flexibility index (Phi) is 11.5. The standard InChI is InChI=1S/C34H42FN10O6P/c1-22(2)49-28(46)16-11-17-38-52(47,51-25-14-9-6-10-15-25)48-20-26-34(4,18-27-41-43-44-42-27)30(35)33(50-26)45-21-37-29-31(39-23(3)40-32(29)45)36-19-24-12-7-5-8-13-24/h5-10,12-15,21-22,26,30,33H,11,16-20H2,1-4H3,(H,38,47)(H,36,39,40)(H,41,42,43,44)/t26-,30?,33-,34?,52?/m1/s1. The maximum absolute atomic E-state index is 17.0. The molecule has 3 N–H and O–H groups in total. The number of tetrazole rings is 1. The van der Waals surface area contributed by atoms with Crippen LogP contribution in [0.15, 0.2) is 67.0 Å². The fourth-order valence-corrected chi connectivity index (χ4v) is 7.29. The van der Waals surface area contributed by atoms with Crippen molar-refractivity contribution in [3.63, 3.8) is 0 Å². The number of H-pyrrole nitrogens is 1. The number of ether oxygens (including phenoxy) is 2. The first-order valence-electron chi connectivity index (χ1n) is 17.0. The van der Waals surface area contributed by atoms with Gasteiger partial charge in [0.25, 0.3) is 0 Å². The molecule has 52 heavy (non-hydrogen) atoms. The summed E-state index contributed by atoms with van der Waals surface area (Å²) >= 11 is 0. The molecule has 16 nitrogen and oxygen atoms in total. The van der Waals surface area contributed by atoms with Gasteiger partial charge in [-0.05, 0) is 44.9 Å². The van der Waals surface area contributed by atoms with E-state index >= 15 is 4.39 Å². The number of carbonyl (C=O) groups excluding carboxylic acids is 1. The lowest BCUT2D eigenvalue weighted by molar-refractivity contribution is -0.147. The molecule has 1 saturated heterocycles. The third-order valence-electron chi connectivity index (χ3n) is 8.55. The van der Waals surface area contributed by atoms with Gasteiger partial charge in [-0.3, -0.25) is 13.9 Å². The molecule has 5 aromatic rings. The van der Waals surface area contributed by atoms with Gasteiger partial charge >= 0.3 is 13.7 Å². The lowest BCUT2D eigenvalue weighted by Crippen LogP contribution is -2.40. The van der Waals surface area contributed by atoms with Gasteiger partial charge in [0, 0.05) is 31.3 Å². The van der Waals surface area contributed by atoms with E-state index in [1.54, 1.807) is 58.0 Å². The number of alkyl halides is 1. The summed E-state index contributed by atoms with van der Waals surface area (Å²) in [5.74, 6) is 1.12. The van der Waals surface area contributed by atoms with E-state index in [4.69, 9.17) is 18.5 Å². The first-order chi connectivity index (χ1) is 25.0. The number of rotatable bonds is 17. The molecule has 0 radical (unpaired) electrons. The van der Waals surface area contributed by atoms with Crippen molar-refractivity contribution in [3.8, 4) is 5.75 Å². The highest BCUT2D eigenvalue weighted by molar-refractivity contribution is 7.52. The van der Waals surface area contributed by atoms with Crippen LogP contribution in [0.25, 0.3) is 11.2 Å². The van der Waals surface area contributed by atoms with E-state index in [2.05, 4.69) is 46.0 Å². The second-order valence-corrected chi connectivity index (χ2v) is 14.7. The number of aromatic nitrogens is 8. The number of anilines is 1. The highest BCUT2D eigenvalue weighted by atomic mass is 31.2. The number of aryl methyl sites for hydroxylation is 1. The minimum Gasteiger partial charge on any atom is -0.463 e. The van der Waals surface area contributed by atoms with E-state index < -0.39 is 31.7 Å². The molecule has 3 aromatic heterocycles. The largest absolute Gasteiger partial charge is 0.463 e. The first-order valence-corrected chi connectivity index (χ1v) is 18.5. The number of fused-ring (bicyclic) bond motifs is 1. The molecule has 18 heteroatoms. The summed E-state index contributed by atoms with van der Waals surface area (Å²) in [7, 11) is -4.10. The van der Waals surface area contributed by atoms with Crippen LogP contribution in [0.1, 0.15) is 57.1 Å². The van der Waals surface area contributed by atoms with Gasteiger partial charge < -0.3 is 19.3 Å². The van der Waals surface area contributed by atoms with E-state index in [0.29, 0.717) is 35.8 Å². The topological polar surface area (TPSA) is 193 Å². The average Bonchev–Trinajstić information content (AvgIpc) is 3.84. The zero-order valence-electron chi connectivity index (χ0n) is 29.3. The molecular weight excluding hydrogens is 694 g/mol. The summed E-state index contributed by atoms with van der Waals surface area (Å²) in [5.41, 5.74) is 0.555. The Morgan fingerprint density at radius 3 is 2.60 bits per heavy atom. The second-order valence-electron chi connectivity index (χ2n) is 13.0. The fourth-order valence-electron chi connectivity index (χ4n) is 5.92. The number of benzene rings is 2. The lowest BCUT2D eigenvalue weighted by atomic mass is 9.78. The molecule has 1 aliphatic heterocycles. The third-order valence-corrected chi connectivity index (χ3v) is 10.1. The molecule has 3 unspecified atom stereocenters. The number of carbonyl (C=O) groups is 1. The van der Waals surface area contributed by atoms with Crippen LogP contribution in [0.4, 0.5) is 10.2 Å². The minimum absolute atomic E-state index is 0.00888. The van der Waals surface area contributed by atoms with Gasteiger partial charge in [-0.15, -0.1) is 10.2 Å². The molecule has 276 valence electrons. The van der Waals surface area contributed by atoms with Crippen LogP contribution in [0.5, 0.6) is 5.75 Å². The molecule has 0 aliphatic carbocycles. The van der Waals surface area contributed by atoms with Crippen LogP contribution in [-0.4, -0.2) is 77.6 Å². The van der Waals surface area contributed by atoms with Crippen LogP contribution < -0.4 is 14.9 Å². The van der Waals surface area contributed by atoms with Crippen LogP contribution in [0.3, 0.4) is 0 Å². The minimum atomic E-state index is -4.10. The Hall–Kier alpha value is -4.83. The van der Waals surface area contributed by atoms with Crippen molar-refractivity contribution in [2.75, 3.05) is 18.5 Å². The van der Waals surface area contributed by atoms with Gasteiger partial charge in [0.2, 0.25) is 0 Å². The summed E-state index contributed by atoms with van der Waals surface area (Å²) in [6, 6.07) is 18.3. The van der Waals surface area contributed by atoms with Crippen molar-refractivity contribution in [2.24, 2.45) is 5.41 Å². The predicted octanol–water partition coefficient (Wildman–Crippen LogP) is 5.27. The van der Waals surface area contributed by atoms with E-state index in [1.165, 1.54) is 10.9 Å². The number of halogens is 1. The maximum Gasteiger partial charge on any atom is 0.458 e. The average molecular weight is 737 g/mol. The van der Waals surface area contributed by atoms with Gasteiger partial charge in [0.1, 0.15) is 11.6 Å². The second kappa shape index (κ2) is 16.2. The molecule has 6 rings (SSSR count). The quantitative estimate of drug-likeness (QED) is 0.0635. The van der Waals surface area contributed by atoms with Crippen molar-refractivity contribution < 1.29 is 32.3 Å². The van der Waals surface area contributed by atoms with E-state index in [1.807, 2.05) is 30.3 Å². The molecule has 0 saturated carbocycles. The van der Waals surface area contributed by atoms with Gasteiger partial charge in [0.15, 0.2) is 35.2 Å². The molecule has 0 bridgehead atoms. The van der Waals surface area contributed by atoms with Crippen molar-refractivity contribution in [3.05, 3.63) is 84.2 Å². The summed E-state index contributed by atoms with van der Waals surface area (Å²) in [5, 5.41) is 20.3. The molecular formula is C34H42FN10O6P. The van der Waals surface area contributed by atoms with Crippen molar-refractivity contribution >= 4 is 30.7 Å². The molecule has 1 aliphatic rings. The molecule has 2 aromatic carbocycles. The molecule has 0 amide bonds. The van der Waals surface area contributed by atoms with Gasteiger partial charge in [0.05, 0.1) is 25.1 Å². The zero-order chi connectivity index (χ0) is 36.7. The number of nitrogens with one attached hydrogen (secondary N) is 3. The number of nitrogens with zero attached hydrogens (tertiary/aromatic N) is 7. The van der Waals surface area contributed by atoms with Crippen LogP contribution in [0, 0.1) is 12.3 Å². The monoisotopic (exact) mass is 736 g/mol. The molecule has 4 heterocycles. The van der Waals surface area contributed by atoms with E-state index in [0.717, 1.165) is 5.56 Å². The Morgan fingerprint density at radius 1 is 1.13 bits per heavy atom. The normalized spacial score (nSPS) is 21.3. The van der Waals surface area contributed by atoms with Crippen molar-refractivity contribution in [1.29, 1.82) is 0 Å². The first kappa shape index (κ1) is 36.9. The number of imidazole rings is 1. The molecule has 0 spiro atoms. The molecule has 1 fully saturated rings. The summed E-state index contributed by atoms with van der Waals surface area (Å²) in [6.45, 7) is 7.22. The molecule has 5 atom stereocenters. The summed E-state index contributed by atoms with van der Waals surface area (Å²) < 4.78 is 56.2. The Labute approximate surface area is 299 Å². The Balaban J connectivity index is 1.24. The third kappa shape index (κ3) is 8.78.